The summed E-state index contributed by atoms with van der Waals surface area (Å²) in [6.45, 7) is 0. The standard InChI is InChI=1S/C25H18O2S/c26-28(27,19-8-2-1-3-9-19)20-16-14-18(15-17-20)25-23-12-6-4-10-21(23)22-11-5-7-13-24(22)25/h1-17,25H. The third kappa shape index (κ3) is 2.59. The Labute approximate surface area is 165 Å². The molecule has 0 radical (unpaired) electrons. The van der Waals surface area contributed by atoms with Crippen molar-refractivity contribution >= 4 is 9.84 Å². The van der Waals surface area contributed by atoms with Gasteiger partial charge in [0.15, 0.2) is 0 Å². The van der Waals surface area contributed by atoms with Crippen LogP contribution in [0.2, 0.25) is 0 Å². The molecule has 0 saturated carbocycles. The Bertz CT molecular complexity index is 1210. The summed E-state index contributed by atoms with van der Waals surface area (Å²) in [5.41, 5.74) is 6.14. The van der Waals surface area contributed by atoms with Crippen molar-refractivity contribution in [1.82, 2.24) is 0 Å². The number of hydrogen-bond donors (Lipinski definition) is 0. The van der Waals surface area contributed by atoms with Crippen molar-refractivity contribution in [3.8, 4) is 11.1 Å². The zero-order valence-corrected chi connectivity index (χ0v) is 15.9. The van der Waals surface area contributed by atoms with Gasteiger partial charge in [-0.25, -0.2) is 8.42 Å². The molecule has 28 heavy (non-hydrogen) atoms. The van der Waals surface area contributed by atoms with Gasteiger partial charge in [0.05, 0.1) is 9.79 Å². The van der Waals surface area contributed by atoms with E-state index in [1.165, 1.54) is 22.3 Å². The Morgan fingerprint density at radius 1 is 0.500 bits per heavy atom. The highest BCUT2D eigenvalue weighted by molar-refractivity contribution is 7.91. The molecule has 1 aliphatic rings. The molecule has 0 bridgehead atoms. The van der Waals surface area contributed by atoms with Crippen LogP contribution in [-0.4, -0.2) is 8.42 Å². The van der Waals surface area contributed by atoms with Crippen molar-refractivity contribution in [1.29, 1.82) is 0 Å². The number of hydrogen-bond acceptors (Lipinski definition) is 2. The van der Waals surface area contributed by atoms with Gasteiger partial charge < -0.3 is 0 Å². The predicted octanol–water partition coefficient (Wildman–Crippen LogP) is 5.68. The van der Waals surface area contributed by atoms with Crippen LogP contribution in [0, 0.1) is 0 Å². The first-order chi connectivity index (χ1) is 13.7. The summed E-state index contributed by atoms with van der Waals surface area (Å²) < 4.78 is 25.7. The van der Waals surface area contributed by atoms with Gasteiger partial charge in [-0.05, 0) is 52.1 Å². The summed E-state index contributed by atoms with van der Waals surface area (Å²) in [5.74, 6) is 0.126. The first-order valence-electron chi connectivity index (χ1n) is 9.24. The third-order valence-corrected chi connectivity index (χ3v) is 7.20. The third-order valence-electron chi connectivity index (χ3n) is 5.41. The molecule has 0 unspecified atom stereocenters. The summed E-state index contributed by atoms with van der Waals surface area (Å²) in [4.78, 5) is 0.640. The van der Waals surface area contributed by atoms with Crippen LogP contribution in [-0.2, 0) is 9.84 Å². The van der Waals surface area contributed by atoms with Gasteiger partial charge in [-0.15, -0.1) is 0 Å². The highest BCUT2D eigenvalue weighted by atomic mass is 32.2. The normalized spacial score (nSPS) is 13.1. The van der Waals surface area contributed by atoms with Crippen LogP contribution in [0.15, 0.2) is 113 Å². The van der Waals surface area contributed by atoms with E-state index in [1.54, 1.807) is 36.4 Å². The molecule has 136 valence electrons. The van der Waals surface area contributed by atoms with Gasteiger partial charge in [-0.3, -0.25) is 0 Å². The van der Waals surface area contributed by atoms with Crippen molar-refractivity contribution in [2.24, 2.45) is 0 Å². The van der Waals surface area contributed by atoms with Crippen LogP contribution in [0.3, 0.4) is 0 Å². The molecule has 0 N–H and O–H groups in total. The smallest absolute Gasteiger partial charge is 0.206 e. The summed E-state index contributed by atoms with van der Waals surface area (Å²) in [7, 11) is -3.50. The Kier molecular flexibility index (Phi) is 3.92. The molecule has 0 amide bonds. The second-order valence-electron chi connectivity index (χ2n) is 6.99. The van der Waals surface area contributed by atoms with Gasteiger partial charge in [0.25, 0.3) is 0 Å². The van der Waals surface area contributed by atoms with Gasteiger partial charge in [0.1, 0.15) is 0 Å². The molecule has 0 fully saturated rings. The minimum absolute atomic E-state index is 0.126. The topological polar surface area (TPSA) is 34.1 Å². The van der Waals surface area contributed by atoms with Crippen molar-refractivity contribution in [3.05, 3.63) is 120 Å². The fourth-order valence-corrected chi connectivity index (χ4v) is 5.37. The molecule has 0 saturated heterocycles. The predicted molar refractivity (Wildman–Crippen MR) is 111 cm³/mol. The van der Waals surface area contributed by atoms with Crippen LogP contribution in [0.4, 0.5) is 0 Å². The van der Waals surface area contributed by atoms with Crippen LogP contribution in [0.25, 0.3) is 11.1 Å². The maximum absolute atomic E-state index is 12.9. The SMILES string of the molecule is O=S(=O)(c1ccccc1)c1ccc(C2c3ccccc3-c3ccccc32)cc1. The molecule has 0 spiro atoms. The minimum Gasteiger partial charge on any atom is -0.219 e. The Hall–Kier alpha value is -3.17. The first kappa shape index (κ1) is 17.0. The molecule has 0 heterocycles. The van der Waals surface area contributed by atoms with E-state index in [2.05, 4.69) is 48.5 Å². The maximum Gasteiger partial charge on any atom is 0.206 e. The maximum atomic E-state index is 12.9. The van der Waals surface area contributed by atoms with E-state index >= 15 is 0 Å². The zero-order chi connectivity index (χ0) is 19.1. The second-order valence-corrected chi connectivity index (χ2v) is 8.94. The number of fused-ring (bicyclic) bond motifs is 3. The minimum atomic E-state index is -3.50. The molecule has 5 rings (SSSR count). The van der Waals surface area contributed by atoms with E-state index in [0.29, 0.717) is 9.79 Å². The van der Waals surface area contributed by atoms with Gasteiger partial charge in [0, 0.05) is 5.92 Å². The number of sulfone groups is 1. The highest BCUT2D eigenvalue weighted by Crippen LogP contribution is 2.47. The second kappa shape index (κ2) is 6.47. The number of rotatable bonds is 3. The monoisotopic (exact) mass is 382 g/mol. The van der Waals surface area contributed by atoms with E-state index < -0.39 is 9.84 Å². The first-order valence-corrected chi connectivity index (χ1v) is 10.7. The van der Waals surface area contributed by atoms with Crippen molar-refractivity contribution in [2.45, 2.75) is 15.7 Å². The summed E-state index contributed by atoms with van der Waals surface area (Å²) >= 11 is 0. The van der Waals surface area contributed by atoms with Crippen LogP contribution in [0.5, 0.6) is 0 Å². The summed E-state index contributed by atoms with van der Waals surface area (Å²) in [6.07, 6.45) is 0. The lowest BCUT2D eigenvalue weighted by Crippen LogP contribution is -2.03. The van der Waals surface area contributed by atoms with Gasteiger partial charge in [-0.1, -0.05) is 78.9 Å². The van der Waals surface area contributed by atoms with Crippen LogP contribution >= 0.6 is 0 Å². The molecule has 0 aliphatic heterocycles. The fraction of sp³-hybridized carbons (Fsp3) is 0.0400. The lowest BCUT2D eigenvalue weighted by Gasteiger charge is -2.15. The Morgan fingerprint density at radius 2 is 0.964 bits per heavy atom. The van der Waals surface area contributed by atoms with Crippen molar-refractivity contribution < 1.29 is 8.42 Å². The molecule has 0 atom stereocenters. The molecule has 2 nitrogen and oxygen atoms in total. The van der Waals surface area contributed by atoms with Gasteiger partial charge >= 0.3 is 0 Å². The average Bonchev–Trinajstić information content (AvgIpc) is 3.09. The van der Waals surface area contributed by atoms with E-state index in [-0.39, 0.29) is 5.92 Å². The Morgan fingerprint density at radius 3 is 1.54 bits per heavy atom. The Balaban J connectivity index is 1.59. The molecular weight excluding hydrogens is 364 g/mol. The highest BCUT2D eigenvalue weighted by Gasteiger charge is 2.29. The fourth-order valence-electron chi connectivity index (χ4n) is 4.09. The van der Waals surface area contributed by atoms with Gasteiger partial charge in [-0.2, -0.15) is 0 Å². The van der Waals surface area contributed by atoms with Crippen molar-refractivity contribution in [3.63, 3.8) is 0 Å². The number of benzene rings is 4. The molecule has 4 aromatic carbocycles. The van der Waals surface area contributed by atoms with Crippen LogP contribution < -0.4 is 0 Å². The molecule has 3 heteroatoms. The largest absolute Gasteiger partial charge is 0.219 e. The zero-order valence-electron chi connectivity index (χ0n) is 15.1. The molecule has 0 aromatic heterocycles. The summed E-state index contributed by atoms with van der Waals surface area (Å²) in [6, 6.07) is 32.8. The van der Waals surface area contributed by atoms with Crippen LogP contribution in [0.1, 0.15) is 22.6 Å². The lowest BCUT2D eigenvalue weighted by atomic mass is 9.89. The quantitative estimate of drug-likeness (QED) is 0.402. The van der Waals surface area contributed by atoms with E-state index in [0.717, 1.165) is 5.56 Å². The van der Waals surface area contributed by atoms with E-state index in [1.807, 2.05) is 18.2 Å². The van der Waals surface area contributed by atoms with Gasteiger partial charge in [0.2, 0.25) is 9.84 Å². The van der Waals surface area contributed by atoms with Crippen molar-refractivity contribution in [2.75, 3.05) is 0 Å². The van der Waals surface area contributed by atoms with E-state index in [4.69, 9.17) is 0 Å². The molecular formula is C25H18O2S. The average molecular weight is 382 g/mol. The lowest BCUT2D eigenvalue weighted by molar-refractivity contribution is 0.596. The molecule has 4 aromatic rings. The summed E-state index contributed by atoms with van der Waals surface area (Å²) in [5, 5.41) is 0. The van der Waals surface area contributed by atoms with E-state index in [9.17, 15) is 8.42 Å². The molecule has 1 aliphatic carbocycles.